The van der Waals surface area contributed by atoms with Gasteiger partial charge in [0.25, 0.3) is 5.91 Å². The van der Waals surface area contributed by atoms with E-state index in [1.165, 1.54) is 12.1 Å². The molecule has 0 unspecified atom stereocenters. The van der Waals surface area contributed by atoms with Crippen molar-refractivity contribution in [1.29, 1.82) is 0 Å². The molecule has 4 rings (SSSR count). The van der Waals surface area contributed by atoms with Crippen molar-refractivity contribution in [2.75, 3.05) is 59.0 Å². The Morgan fingerprint density at radius 2 is 1.56 bits per heavy atom. The summed E-state index contributed by atoms with van der Waals surface area (Å²) in [5, 5.41) is 0. The number of morpholine rings is 1. The number of benzene rings is 2. The Morgan fingerprint density at radius 3 is 2.26 bits per heavy atom. The van der Waals surface area contributed by atoms with E-state index in [0.29, 0.717) is 64.6 Å². The van der Waals surface area contributed by atoms with Gasteiger partial charge in [-0.1, -0.05) is 36.4 Å². The van der Waals surface area contributed by atoms with Gasteiger partial charge in [0.1, 0.15) is 0 Å². The number of carbonyl (C=O) groups excluding carboxylic acids is 2. The molecular formula is C24H30N4O5S. The first-order valence-corrected chi connectivity index (χ1v) is 12.9. The molecule has 9 nitrogen and oxygen atoms in total. The number of nitrogens with zero attached hydrogens (tertiary/aromatic N) is 3. The first kappa shape index (κ1) is 24.3. The van der Waals surface area contributed by atoms with E-state index < -0.39 is 10.0 Å². The minimum atomic E-state index is -3.76. The van der Waals surface area contributed by atoms with Crippen molar-refractivity contribution >= 4 is 21.8 Å². The Labute approximate surface area is 200 Å². The molecule has 0 aromatic heterocycles. The first-order chi connectivity index (χ1) is 16.4. The number of piperazine rings is 1. The van der Waals surface area contributed by atoms with Crippen molar-refractivity contribution in [3.8, 4) is 0 Å². The number of amides is 2. The molecule has 0 spiro atoms. The van der Waals surface area contributed by atoms with Gasteiger partial charge in [0.2, 0.25) is 15.9 Å². The average molecular weight is 487 g/mol. The van der Waals surface area contributed by atoms with Crippen molar-refractivity contribution in [2.45, 2.75) is 11.4 Å². The SMILES string of the molecule is O=C(CN1CCN(C(=O)c2cccc(S(=O)(=O)NCc3ccccc3)c2)CC1)N1CCOCC1. The Balaban J connectivity index is 1.32. The minimum absolute atomic E-state index is 0.0593. The van der Waals surface area contributed by atoms with Crippen LogP contribution < -0.4 is 4.72 Å². The van der Waals surface area contributed by atoms with Gasteiger partial charge in [0.05, 0.1) is 24.7 Å². The lowest BCUT2D eigenvalue weighted by Crippen LogP contribution is -2.52. The van der Waals surface area contributed by atoms with Crippen LogP contribution in [-0.4, -0.2) is 94.0 Å². The second-order valence-electron chi connectivity index (χ2n) is 8.40. The fraction of sp³-hybridized carbons (Fsp3) is 0.417. The fourth-order valence-electron chi connectivity index (χ4n) is 4.05. The first-order valence-electron chi connectivity index (χ1n) is 11.4. The van der Waals surface area contributed by atoms with Crippen LogP contribution in [-0.2, 0) is 26.1 Å². The number of hydrogen-bond donors (Lipinski definition) is 1. The summed E-state index contributed by atoms with van der Waals surface area (Å²) in [6.07, 6.45) is 0. The topological polar surface area (TPSA) is 99.3 Å². The summed E-state index contributed by atoms with van der Waals surface area (Å²) >= 11 is 0. The predicted octanol–water partition coefficient (Wildman–Crippen LogP) is 0.782. The Bertz CT molecular complexity index is 1100. The van der Waals surface area contributed by atoms with E-state index >= 15 is 0 Å². The molecule has 182 valence electrons. The van der Waals surface area contributed by atoms with Crippen molar-refractivity contribution < 1.29 is 22.7 Å². The van der Waals surface area contributed by atoms with Crippen LogP contribution in [0.1, 0.15) is 15.9 Å². The maximum absolute atomic E-state index is 13.0. The maximum atomic E-state index is 13.0. The molecule has 2 heterocycles. The van der Waals surface area contributed by atoms with Gasteiger partial charge in [-0.3, -0.25) is 14.5 Å². The summed E-state index contributed by atoms with van der Waals surface area (Å²) in [6, 6.07) is 15.4. The van der Waals surface area contributed by atoms with E-state index in [2.05, 4.69) is 9.62 Å². The van der Waals surface area contributed by atoms with Gasteiger partial charge in [-0.05, 0) is 23.8 Å². The second-order valence-corrected chi connectivity index (χ2v) is 10.2. The van der Waals surface area contributed by atoms with Gasteiger partial charge in [-0.15, -0.1) is 0 Å². The molecule has 2 fully saturated rings. The Morgan fingerprint density at radius 1 is 0.853 bits per heavy atom. The highest BCUT2D eigenvalue weighted by molar-refractivity contribution is 7.89. The highest BCUT2D eigenvalue weighted by Gasteiger charge is 2.26. The van der Waals surface area contributed by atoms with Gasteiger partial charge in [-0.25, -0.2) is 13.1 Å². The van der Waals surface area contributed by atoms with E-state index in [9.17, 15) is 18.0 Å². The van der Waals surface area contributed by atoms with E-state index in [-0.39, 0.29) is 23.3 Å². The monoisotopic (exact) mass is 486 g/mol. The molecule has 1 N–H and O–H groups in total. The zero-order valence-corrected chi connectivity index (χ0v) is 19.9. The molecule has 2 amide bonds. The summed E-state index contributed by atoms with van der Waals surface area (Å²) in [5.74, 6) is -0.122. The smallest absolute Gasteiger partial charge is 0.253 e. The van der Waals surface area contributed by atoms with Gasteiger partial charge < -0.3 is 14.5 Å². The number of hydrogen-bond acceptors (Lipinski definition) is 6. The zero-order chi connectivity index (χ0) is 24.0. The van der Waals surface area contributed by atoms with Crippen LogP contribution in [0, 0.1) is 0 Å². The lowest BCUT2D eigenvalue weighted by molar-refractivity contribution is -0.136. The van der Waals surface area contributed by atoms with Gasteiger partial charge >= 0.3 is 0 Å². The molecule has 2 aliphatic heterocycles. The molecule has 0 aliphatic carbocycles. The van der Waals surface area contributed by atoms with E-state index in [1.54, 1.807) is 17.0 Å². The molecule has 0 radical (unpaired) electrons. The molecule has 0 bridgehead atoms. The molecule has 2 saturated heterocycles. The van der Waals surface area contributed by atoms with Crippen LogP contribution in [0.2, 0.25) is 0 Å². The summed E-state index contributed by atoms with van der Waals surface area (Å²) in [5.41, 5.74) is 1.18. The molecule has 2 aromatic carbocycles. The quantitative estimate of drug-likeness (QED) is 0.621. The zero-order valence-electron chi connectivity index (χ0n) is 19.1. The number of carbonyl (C=O) groups is 2. The van der Waals surface area contributed by atoms with Crippen molar-refractivity contribution in [3.63, 3.8) is 0 Å². The molecule has 2 aromatic rings. The average Bonchev–Trinajstić information content (AvgIpc) is 2.89. The van der Waals surface area contributed by atoms with Crippen molar-refractivity contribution in [1.82, 2.24) is 19.4 Å². The van der Waals surface area contributed by atoms with Gasteiger partial charge in [0, 0.05) is 51.4 Å². The summed E-state index contributed by atoms with van der Waals surface area (Å²) in [4.78, 5) is 31.1. The maximum Gasteiger partial charge on any atom is 0.253 e. The third-order valence-electron chi connectivity index (χ3n) is 6.08. The molecule has 0 saturated carbocycles. The predicted molar refractivity (Wildman–Crippen MR) is 127 cm³/mol. The Kier molecular flexibility index (Phi) is 7.94. The third-order valence-corrected chi connectivity index (χ3v) is 7.48. The normalized spacial score (nSPS) is 17.5. The molecular weight excluding hydrogens is 456 g/mol. The van der Waals surface area contributed by atoms with E-state index in [0.717, 1.165) is 5.56 Å². The summed E-state index contributed by atoms with van der Waals surface area (Å²) < 4.78 is 33.4. The van der Waals surface area contributed by atoms with Crippen LogP contribution in [0.25, 0.3) is 0 Å². The van der Waals surface area contributed by atoms with Gasteiger partial charge in [-0.2, -0.15) is 0 Å². The summed E-state index contributed by atoms with van der Waals surface area (Å²) in [7, 11) is -3.76. The highest BCUT2D eigenvalue weighted by Crippen LogP contribution is 2.15. The largest absolute Gasteiger partial charge is 0.378 e. The van der Waals surface area contributed by atoms with E-state index in [1.807, 2.05) is 35.2 Å². The molecule has 34 heavy (non-hydrogen) atoms. The lowest BCUT2D eigenvalue weighted by atomic mass is 10.2. The second kappa shape index (κ2) is 11.1. The number of rotatable bonds is 7. The standard InChI is InChI=1S/C24H30N4O5S/c29-23(27-13-15-33-16-14-27)19-26-9-11-28(12-10-26)24(30)21-7-4-8-22(17-21)34(31,32)25-18-20-5-2-1-3-6-20/h1-8,17,25H,9-16,18-19H2. The van der Waals surface area contributed by atoms with E-state index in [4.69, 9.17) is 4.74 Å². The van der Waals surface area contributed by atoms with Crippen molar-refractivity contribution in [3.05, 3.63) is 65.7 Å². The van der Waals surface area contributed by atoms with Gasteiger partial charge in [0.15, 0.2) is 0 Å². The number of nitrogens with one attached hydrogen (secondary N) is 1. The van der Waals surface area contributed by atoms with Crippen LogP contribution in [0.4, 0.5) is 0 Å². The molecule has 0 atom stereocenters. The number of ether oxygens (including phenoxy) is 1. The fourth-order valence-corrected chi connectivity index (χ4v) is 5.11. The van der Waals surface area contributed by atoms with Crippen LogP contribution in [0.15, 0.2) is 59.5 Å². The highest BCUT2D eigenvalue weighted by atomic mass is 32.2. The minimum Gasteiger partial charge on any atom is -0.378 e. The van der Waals surface area contributed by atoms with Crippen LogP contribution in [0.3, 0.4) is 0 Å². The third kappa shape index (κ3) is 6.20. The molecule has 10 heteroatoms. The Hall–Kier alpha value is -2.79. The molecule has 2 aliphatic rings. The van der Waals surface area contributed by atoms with Crippen LogP contribution >= 0.6 is 0 Å². The van der Waals surface area contributed by atoms with Crippen molar-refractivity contribution in [2.24, 2.45) is 0 Å². The van der Waals surface area contributed by atoms with Crippen LogP contribution in [0.5, 0.6) is 0 Å². The lowest BCUT2D eigenvalue weighted by Gasteiger charge is -2.36. The summed E-state index contributed by atoms with van der Waals surface area (Å²) in [6.45, 7) is 5.06. The number of sulfonamides is 1.